The maximum Gasteiger partial charge on any atom is 0.333 e. The fourth-order valence-electron chi connectivity index (χ4n) is 1.70. The van der Waals surface area contributed by atoms with Gasteiger partial charge in [-0.2, -0.15) is 15.0 Å². The highest BCUT2D eigenvalue weighted by Gasteiger charge is 2.22. The van der Waals surface area contributed by atoms with Crippen molar-refractivity contribution in [1.29, 1.82) is 0 Å². The Balaban J connectivity index is 2.31. The summed E-state index contributed by atoms with van der Waals surface area (Å²) in [4.78, 5) is 23.6. The predicted octanol–water partition coefficient (Wildman–Crippen LogP) is 0.789. The van der Waals surface area contributed by atoms with Gasteiger partial charge in [-0.05, 0) is 5.56 Å². The van der Waals surface area contributed by atoms with Crippen LogP contribution in [0.1, 0.15) is 11.6 Å². The van der Waals surface area contributed by atoms with E-state index in [0.717, 1.165) is 0 Å². The van der Waals surface area contributed by atoms with Crippen LogP contribution in [0.5, 0.6) is 6.01 Å². The van der Waals surface area contributed by atoms with E-state index in [4.69, 9.17) is 15.2 Å². The number of rotatable bonds is 5. The van der Waals surface area contributed by atoms with Gasteiger partial charge in [-0.3, -0.25) is 0 Å². The van der Waals surface area contributed by atoms with Gasteiger partial charge in [0.05, 0.1) is 14.2 Å². The van der Waals surface area contributed by atoms with Gasteiger partial charge in [0.15, 0.2) is 6.04 Å². The molecular weight excluding hydrogens is 274 g/mol. The quantitative estimate of drug-likeness (QED) is 0.777. The first-order valence-electron chi connectivity index (χ1n) is 6.09. The Morgan fingerprint density at radius 1 is 1.19 bits per heavy atom. The lowest BCUT2D eigenvalue weighted by molar-refractivity contribution is -0.141. The molecule has 0 aliphatic heterocycles. The molecule has 8 nitrogen and oxygen atoms in total. The van der Waals surface area contributed by atoms with Crippen molar-refractivity contribution < 1.29 is 14.3 Å². The van der Waals surface area contributed by atoms with Crippen molar-refractivity contribution >= 4 is 17.9 Å². The molecule has 1 heterocycles. The molecule has 1 aromatic heterocycles. The number of hydrogen-bond acceptors (Lipinski definition) is 8. The van der Waals surface area contributed by atoms with Gasteiger partial charge in [-0.25, -0.2) is 4.79 Å². The normalized spacial score (nSPS) is 11.5. The molecule has 1 unspecified atom stereocenters. The number of nitrogens with two attached hydrogens (primary N) is 1. The van der Waals surface area contributed by atoms with Crippen LogP contribution < -0.4 is 15.8 Å². The second-order valence-electron chi connectivity index (χ2n) is 4.02. The number of nitrogens with one attached hydrogen (secondary N) is 1. The number of nitrogen functional groups attached to an aromatic ring is 1. The van der Waals surface area contributed by atoms with Gasteiger partial charge >= 0.3 is 12.0 Å². The molecule has 0 saturated carbocycles. The largest absolute Gasteiger partial charge is 0.467 e. The molecule has 0 aliphatic carbocycles. The van der Waals surface area contributed by atoms with E-state index in [0.29, 0.717) is 5.56 Å². The number of ether oxygens (including phenoxy) is 2. The van der Waals surface area contributed by atoms with Crippen LogP contribution in [0.25, 0.3) is 0 Å². The van der Waals surface area contributed by atoms with Crippen molar-refractivity contribution in [2.45, 2.75) is 6.04 Å². The van der Waals surface area contributed by atoms with E-state index in [9.17, 15) is 4.79 Å². The van der Waals surface area contributed by atoms with Gasteiger partial charge in [0.25, 0.3) is 0 Å². The van der Waals surface area contributed by atoms with Crippen molar-refractivity contribution in [1.82, 2.24) is 15.0 Å². The number of benzene rings is 1. The highest BCUT2D eigenvalue weighted by atomic mass is 16.5. The third-order valence-corrected chi connectivity index (χ3v) is 2.66. The molecule has 0 amide bonds. The first kappa shape index (κ1) is 14.5. The zero-order chi connectivity index (χ0) is 15.2. The van der Waals surface area contributed by atoms with Crippen molar-refractivity contribution in [3.8, 4) is 6.01 Å². The summed E-state index contributed by atoms with van der Waals surface area (Å²) in [6.45, 7) is 0. The molecule has 2 rings (SSSR count). The number of hydrogen-bond donors (Lipinski definition) is 2. The van der Waals surface area contributed by atoms with Gasteiger partial charge in [0, 0.05) is 0 Å². The molecule has 0 radical (unpaired) electrons. The molecule has 21 heavy (non-hydrogen) atoms. The van der Waals surface area contributed by atoms with Crippen LogP contribution in [0, 0.1) is 0 Å². The van der Waals surface area contributed by atoms with Crippen LogP contribution in [0.3, 0.4) is 0 Å². The number of carbonyl (C=O) groups is 1. The molecular formula is C13H15N5O3. The number of methoxy groups -OCH3 is 2. The topological polar surface area (TPSA) is 112 Å². The maximum absolute atomic E-state index is 11.9. The Hall–Kier alpha value is -2.90. The average molecular weight is 289 g/mol. The average Bonchev–Trinajstić information content (AvgIpc) is 2.52. The summed E-state index contributed by atoms with van der Waals surface area (Å²) in [7, 11) is 2.72. The molecule has 3 N–H and O–H groups in total. The van der Waals surface area contributed by atoms with Crippen molar-refractivity contribution in [3.05, 3.63) is 35.9 Å². The van der Waals surface area contributed by atoms with Crippen LogP contribution >= 0.6 is 0 Å². The Morgan fingerprint density at radius 3 is 2.52 bits per heavy atom. The Morgan fingerprint density at radius 2 is 1.90 bits per heavy atom. The molecule has 2 aromatic rings. The van der Waals surface area contributed by atoms with Gasteiger partial charge in [0.1, 0.15) is 0 Å². The molecule has 0 saturated heterocycles. The number of anilines is 2. The van der Waals surface area contributed by atoms with Gasteiger partial charge in [0.2, 0.25) is 11.9 Å². The summed E-state index contributed by atoms with van der Waals surface area (Å²) in [5, 5.41) is 2.86. The second-order valence-corrected chi connectivity index (χ2v) is 4.02. The van der Waals surface area contributed by atoms with Gasteiger partial charge < -0.3 is 20.5 Å². The Kier molecular flexibility index (Phi) is 4.50. The number of aromatic nitrogens is 3. The minimum absolute atomic E-state index is 0.0129. The summed E-state index contributed by atoms with van der Waals surface area (Å²) in [5.74, 6) is -0.362. The fraction of sp³-hybridized carbons (Fsp3) is 0.231. The number of carbonyl (C=O) groups excluding carboxylic acids is 1. The van der Waals surface area contributed by atoms with Crippen molar-refractivity contribution in [3.63, 3.8) is 0 Å². The van der Waals surface area contributed by atoms with Crippen molar-refractivity contribution in [2.24, 2.45) is 0 Å². The third-order valence-electron chi connectivity index (χ3n) is 2.66. The summed E-state index contributed by atoms with van der Waals surface area (Å²) < 4.78 is 9.70. The first-order chi connectivity index (χ1) is 10.1. The SMILES string of the molecule is COC(=O)C(Nc1nc(N)nc(OC)n1)c1ccccc1. The van der Waals surface area contributed by atoms with E-state index in [1.807, 2.05) is 18.2 Å². The molecule has 1 atom stereocenters. The first-order valence-corrected chi connectivity index (χ1v) is 6.09. The number of esters is 1. The predicted molar refractivity (Wildman–Crippen MR) is 75.6 cm³/mol. The van der Waals surface area contributed by atoms with E-state index < -0.39 is 12.0 Å². The lowest BCUT2D eigenvalue weighted by Crippen LogP contribution is -2.23. The summed E-state index contributed by atoms with van der Waals surface area (Å²) in [5.41, 5.74) is 6.27. The smallest absolute Gasteiger partial charge is 0.333 e. The highest BCUT2D eigenvalue weighted by Crippen LogP contribution is 2.20. The summed E-state index contributed by atoms with van der Waals surface area (Å²) in [6.07, 6.45) is 0. The maximum atomic E-state index is 11.9. The fourth-order valence-corrected chi connectivity index (χ4v) is 1.70. The molecule has 0 bridgehead atoms. The molecule has 0 spiro atoms. The van der Waals surface area contributed by atoms with E-state index in [2.05, 4.69) is 20.3 Å². The molecule has 1 aromatic carbocycles. The molecule has 8 heteroatoms. The van der Waals surface area contributed by atoms with Crippen LogP contribution in [0.15, 0.2) is 30.3 Å². The van der Waals surface area contributed by atoms with E-state index in [-0.39, 0.29) is 17.9 Å². The molecule has 0 fully saturated rings. The zero-order valence-electron chi connectivity index (χ0n) is 11.6. The minimum Gasteiger partial charge on any atom is -0.467 e. The van der Waals surface area contributed by atoms with Crippen LogP contribution in [0.2, 0.25) is 0 Å². The minimum atomic E-state index is -0.761. The van der Waals surface area contributed by atoms with Crippen molar-refractivity contribution in [2.75, 3.05) is 25.3 Å². The van der Waals surface area contributed by atoms with Crippen LogP contribution in [-0.4, -0.2) is 35.1 Å². The lowest BCUT2D eigenvalue weighted by atomic mass is 10.1. The standard InChI is InChI=1S/C13H15N5O3/c1-20-10(19)9(8-6-4-3-5-7-8)15-12-16-11(14)17-13(18-12)21-2/h3-7,9H,1-2H3,(H3,14,15,16,17,18). The monoisotopic (exact) mass is 289 g/mol. The van der Waals surface area contributed by atoms with Crippen LogP contribution in [0.4, 0.5) is 11.9 Å². The van der Waals surface area contributed by atoms with Gasteiger partial charge in [-0.1, -0.05) is 30.3 Å². The van der Waals surface area contributed by atoms with E-state index in [1.54, 1.807) is 12.1 Å². The summed E-state index contributed by atoms with van der Waals surface area (Å²) >= 11 is 0. The molecule has 0 aliphatic rings. The Labute approximate surface area is 121 Å². The van der Waals surface area contributed by atoms with Crippen LogP contribution in [-0.2, 0) is 9.53 Å². The number of nitrogens with zero attached hydrogens (tertiary/aromatic N) is 3. The lowest BCUT2D eigenvalue weighted by Gasteiger charge is -2.16. The summed E-state index contributed by atoms with van der Waals surface area (Å²) in [6, 6.07) is 8.35. The Bertz CT molecular complexity index is 620. The highest BCUT2D eigenvalue weighted by molar-refractivity contribution is 5.80. The van der Waals surface area contributed by atoms with E-state index in [1.165, 1.54) is 14.2 Å². The molecule has 110 valence electrons. The van der Waals surface area contributed by atoms with E-state index >= 15 is 0 Å². The second kappa shape index (κ2) is 6.51. The van der Waals surface area contributed by atoms with Gasteiger partial charge in [-0.15, -0.1) is 0 Å². The zero-order valence-corrected chi connectivity index (χ0v) is 11.6. The third kappa shape index (κ3) is 3.56.